The molecule has 0 aliphatic carbocycles. The first-order valence-electron chi connectivity index (χ1n) is 8.84. The molecule has 0 bridgehead atoms. The lowest BCUT2D eigenvalue weighted by molar-refractivity contribution is 0.100. The summed E-state index contributed by atoms with van der Waals surface area (Å²) < 4.78 is 0. The first-order chi connectivity index (χ1) is 12.1. The normalized spacial score (nSPS) is 15.5. The number of carbonyl (C=O) groups excluding carboxylic acids is 1. The van der Waals surface area contributed by atoms with Crippen LogP contribution in [0.15, 0.2) is 48.8 Å². The van der Waals surface area contributed by atoms with Gasteiger partial charge in [-0.15, -0.1) is 0 Å². The fourth-order valence-corrected chi connectivity index (χ4v) is 3.61. The zero-order chi connectivity index (χ0) is 17.6. The summed E-state index contributed by atoms with van der Waals surface area (Å²) in [5.74, 6) is 0.275. The molecule has 1 fully saturated rings. The topological polar surface area (TPSA) is 62.5 Å². The van der Waals surface area contributed by atoms with Gasteiger partial charge in [0.2, 0.25) is 0 Å². The summed E-state index contributed by atoms with van der Waals surface area (Å²) in [6.45, 7) is 3.99. The second-order valence-electron chi connectivity index (χ2n) is 6.87. The number of pyridine rings is 1. The molecule has 1 saturated heterocycles. The lowest BCUT2D eigenvalue weighted by atomic mass is 9.95. The molecule has 0 saturated carbocycles. The van der Waals surface area contributed by atoms with Crippen molar-refractivity contribution in [1.29, 1.82) is 0 Å². The number of rotatable bonds is 6. The monoisotopic (exact) mass is 338 g/mol. The minimum absolute atomic E-state index is 0.409. The van der Waals surface area contributed by atoms with Gasteiger partial charge in [0.15, 0.2) is 0 Å². The lowest BCUT2D eigenvalue weighted by Gasteiger charge is -2.35. The number of nitrogens with zero attached hydrogens (tertiary/aromatic N) is 3. The van der Waals surface area contributed by atoms with Gasteiger partial charge < -0.3 is 15.5 Å². The summed E-state index contributed by atoms with van der Waals surface area (Å²) in [6.07, 6.45) is 5.54. The van der Waals surface area contributed by atoms with Gasteiger partial charge in [0.1, 0.15) is 0 Å². The Balaban J connectivity index is 1.53. The van der Waals surface area contributed by atoms with Crippen molar-refractivity contribution in [2.24, 2.45) is 11.7 Å². The van der Waals surface area contributed by atoms with Crippen molar-refractivity contribution in [3.63, 3.8) is 0 Å². The zero-order valence-corrected chi connectivity index (χ0v) is 14.8. The van der Waals surface area contributed by atoms with Crippen molar-refractivity contribution in [2.45, 2.75) is 19.4 Å². The lowest BCUT2D eigenvalue weighted by Crippen LogP contribution is -2.38. The number of benzene rings is 1. The number of primary amides is 1. The zero-order valence-electron chi connectivity index (χ0n) is 14.8. The number of anilines is 1. The molecule has 0 unspecified atom stereocenters. The molecule has 1 aromatic heterocycles. The smallest absolute Gasteiger partial charge is 0.252 e. The Bertz CT molecular complexity index is 696. The quantitative estimate of drug-likeness (QED) is 0.879. The van der Waals surface area contributed by atoms with Crippen molar-refractivity contribution < 1.29 is 4.79 Å². The number of hydrogen-bond donors (Lipinski definition) is 1. The molecule has 25 heavy (non-hydrogen) atoms. The van der Waals surface area contributed by atoms with Gasteiger partial charge in [-0.25, -0.2) is 0 Å². The van der Waals surface area contributed by atoms with Gasteiger partial charge in [-0.05, 0) is 37.4 Å². The Kier molecular flexibility index (Phi) is 5.66. The van der Waals surface area contributed by atoms with Crippen molar-refractivity contribution in [3.05, 3.63) is 59.9 Å². The van der Waals surface area contributed by atoms with Crippen LogP contribution in [-0.4, -0.2) is 42.5 Å². The van der Waals surface area contributed by atoms with Crippen molar-refractivity contribution in [2.75, 3.05) is 31.6 Å². The maximum absolute atomic E-state index is 11.6. The van der Waals surface area contributed by atoms with Gasteiger partial charge in [-0.1, -0.05) is 30.3 Å². The Morgan fingerprint density at radius 2 is 1.96 bits per heavy atom. The Hall–Kier alpha value is -2.40. The molecule has 0 spiro atoms. The fourth-order valence-electron chi connectivity index (χ4n) is 3.61. The van der Waals surface area contributed by atoms with Crippen LogP contribution in [0.1, 0.15) is 28.8 Å². The van der Waals surface area contributed by atoms with E-state index in [4.69, 9.17) is 5.73 Å². The molecular weight excluding hydrogens is 312 g/mol. The summed E-state index contributed by atoms with van der Waals surface area (Å²) >= 11 is 0. The van der Waals surface area contributed by atoms with Gasteiger partial charge in [-0.2, -0.15) is 0 Å². The van der Waals surface area contributed by atoms with Crippen molar-refractivity contribution in [3.8, 4) is 0 Å². The van der Waals surface area contributed by atoms with Crippen LogP contribution < -0.4 is 10.6 Å². The molecule has 2 aromatic rings. The summed E-state index contributed by atoms with van der Waals surface area (Å²) in [5, 5.41) is 0. The van der Waals surface area contributed by atoms with Gasteiger partial charge in [0.05, 0.1) is 11.3 Å². The third-order valence-electron chi connectivity index (χ3n) is 4.88. The van der Waals surface area contributed by atoms with Crippen LogP contribution in [0.2, 0.25) is 0 Å². The van der Waals surface area contributed by atoms with E-state index in [1.165, 1.54) is 5.56 Å². The van der Waals surface area contributed by atoms with Crippen LogP contribution in [0.25, 0.3) is 0 Å². The Morgan fingerprint density at radius 3 is 2.64 bits per heavy atom. The molecule has 132 valence electrons. The highest BCUT2D eigenvalue weighted by molar-refractivity contribution is 5.98. The number of nitrogens with two attached hydrogens (primary N) is 1. The predicted octanol–water partition coefficient (Wildman–Crippen LogP) is 2.53. The molecular formula is C20H26N4O. The number of piperidine rings is 1. The number of hydrogen-bond acceptors (Lipinski definition) is 4. The van der Waals surface area contributed by atoms with E-state index in [0.29, 0.717) is 11.5 Å². The SMILES string of the molecule is CN(Cc1ccccc1)CC1CCN(c2ccncc2C(N)=O)CC1. The average Bonchev–Trinajstić information content (AvgIpc) is 2.63. The summed E-state index contributed by atoms with van der Waals surface area (Å²) in [7, 11) is 2.19. The van der Waals surface area contributed by atoms with Gasteiger partial charge in [0.25, 0.3) is 5.91 Å². The number of aromatic nitrogens is 1. The van der Waals surface area contributed by atoms with Gasteiger partial charge in [-0.3, -0.25) is 9.78 Å². The highest BCUT2D eigenvalue weighted by Crippen LogP contribution is 2.26. The van der Waals surface area contributed by atoms with E-state index < -0.39 is 5.91 Å². The van der Waals surface area contributed by atoms with E-state index in [-0.39, 0.29) is 0 Å². The molecule has 2 N–H and O–H groups in total. The molecule has 5 nitrogen and oxygen atoms in total. The van der Waals surface area contributed by atoms with E-state index in [0.717, 1.165) is 44.7 Å². The third kappa shape index (κ3) is 4.57. The van der Waals surface area contributed by atoms with Gasteiger partial charge >= 0.3 is 0 Å². The first-order valence-corrected chi connectivity index (χ1v) is 8.84. The Labute approximate surface area is 149 Å². The van der Waals surface area contributed by atoms with Crippen LogP contribution in [0, 0.1) is 5.92 Å². The van der Waals surface area contributed by atoms with Crippen LogP contribution in [0.3, 0.4) is 0 Å². The molecule has 1 aliphatic heterocycles. The van der Waals surface area contributed by atoms with Crippen LogP contribution >= 0.6 is 0 Å². The predicted molar refractivity (Wildman–Crippen MR) is 100 cm³/mol. The first kappa shape index (κ1) is 17.4. The van der Waals surface area contributed by atoms with Crippen LogP contribution in [0.5, 0.6) is 0 Å². The van der Waals surface area contributed by atoms with Crippen molar-refractivity contribution >= 4 is 11.6 Å². The molecule has 1 aromatic carbocycles. The standard InChI is InChI=1S/C20H26N4O/c1-23(14-16-5-3-2-4-6-16)15-17-8-11-24(12-9-17)19-7-10-22-13-18(19)20(21)25/h2-7,10,13,17H,8-9,11-12,14-15H2,1H3,(H2,21,25). The molecule has 1 amide bonds. The molecule has 0 radical (unpaired) electrons. The molecule has 0 atom stereocenters. The maximum Gasteiger partial charge on any atom is 0.252 e. The molecule has 1 aliphatic rings. The third-order valence-corrected chi connectivity index (χ3v) is 4.88. The molecule has 2 heterocycles. The molecule has 5 heteroatoms. The second-order valence-corrected chi connectivity index (χ2v) is 6.87. The van der Waals surface area contributed by atoms with Crippen LogP contribution in [0.4, 0.5) is 5.69 Å². The average molecular weight is 338 g/mol. The van der Waals surface area contributed by atoms with E-state index in [9.17, 15) is 4.79 Å². The second kappa shape index (κ2) is 8.12. The number of carbonyl (C=O) groups is 1. The van der Waals surface area contributed by atoms with E-state index in [1.54, 1.807) is 12.4 Å². The van der Waals surface area contributed by atoms with Gasteiger partial charge in [0, 0.05) is 38.6 Å². The minimum atomic E-state index is -0.409. The highest BCUT2D eigenvalue weighted by atomic mass is 16.1. The van der Waals surface area contributed by atoms with E-state index >= 15 is 0 Å². The van der Waals surface area contributed by atoms with Crippen molar-refractivity contribution in [1.82, 2.24) is 9.88 Å². The largest absolute Gasteiger partial charge is 0.371 e. The van der Waals surface area contributed by atoms with Crippen LogP contribution in [-0.2, 0) is 6.54 Å². The summed E-state index contributed by atoms with van der Waals surface area (Å²) in [4.78, 5) is 20.3. The maximum atomic E-state index is 11.6. The summed E-state index contributed by atoms with van der Waals surface area (Å²) in [6, 6.07) is 12.5. The van der Waals surface area contributed by atoms with E-state index in [1.807, 2.05) is 6.07 Å². The summed E-state index contributed by atoms with van der Waals surface area (Å²) in [5.41, 5.74) is 8.26. The van der Waals surface area contributed by atoms with E-state index in [2.05, 4.69) is 52.2 Å². The minimum Gasteiger partial charge on any atom is -0.371 e. The highest BCUT2D eigenvalue weighted by Gasteiger charge is 2.23. The fraction of sp³-hybridized carbons (Fsp3) is 0.400. The number of amides is 1. The molecule has 3 rings (SSSR count). The Morgan fingerprint density at radius 1 is 1.24 bits per heavy atom.